The summed E-state index contributed by atoms with van der Waals surface area (Å²) in [6.45, 7) is 3.05. The van der Waals surface area contributed by atoms with E-state index in [0.717, 1.165) is 13.0 Å². The van der Waals surface area contributed by atoms with Crippen molar-refractivity contribution in [3.05, 3.63) is 22.9 Å². The average molecular weight is 183 g/mol. The minimum absolute atomic E-state index is 0.0220. The molecule has 4 nitrogen and oxygen atoms in total. The van der Waals surface area contributed by atoms with Gasteiger partial charge in [0.25, 0.3) is 0 Å². The van der Waals surface area contributed by atoms with Crippen LogP contribution in [0.25, 0.3) is 0 Å². The molecule has 0 fully saturated rings. The van der Waals surface area contributed by atoms with Crippen molar-refractivity contribution >= 4 is 0 Å². The first-order chi connectivity index (χ1) is 6.11. The van der Waals surface area contributed by atoms with Crippen LogP contribution in [0.15, 0.2) is 17.2 Å². The van der Waals surface area contributed by atoms with E-state index >= 15 is 0 Å². The molecule has 0 bridgehead atoms. The van der Waals surface area contributed by atoms with E-state index in [1.807, 2.05) is 14.1 Å². The molecule has 1 unspecified atom stereocenters. The van der Waals surface area contributed by atoms with Crippen LogP contribution < -0.4 is 5.69 Å². The number of aromatic nitrogens is 2. The Morgan fingerprint density at radius 2 is 2.31 bits per heavy atom. The van der Waals surface area contributed by atoms with Crippen molar-refractivity contribution in [2.24, 2.45) is 0 Å². The molecule has 0 spiro atoms. The van der Waals surface area contributed by atoms with E-state index in [-0.39, 0.29) is 11.7 Å². The number of H-pyrrole nitrogens is 1. The Labute approximate surface area is 78.2 Å². The highest BCUT2D eigenvalue weighted by Gasteiger charge is 2.06. The zero-order valence-electron chi connectivity index (χ0n) is 8.45. The number of nitrogens with zero attached hydrogens (tertiary/aromatic N) is 2. The second kappa shape index (κ2) is 4.28. The van der Waals surface area contributed by atoms with E-state index in [9.17, 15) is 4.79 Å². The summed E-state index contributed by atoms with van der Waals surface area (Å²) < 4.78 is 1.73. The van der Waals surface area contributed by atoms with Crippen molar-refractivity contribution in [2.45, 2.75) is 19.4 Å². The molecule has 74 valence electrons. The molecule has 0 aliphatic heterocycles. The van der Waals surface area contributed by atoms with Gasteiger partial charge in [-0.25, -0.2) is 4.79 Å². The van der Waals surface area contributed by atoms with Gasteiger partial charge in [-0.2, -0.15) is 0 Å². The largest absolute Gasteiger partial charge is 0.325 e. The molecule has 1 rings (SSSR count). The molecule has 0 aliphatic carbocycles. The number of nitrogens with one attached hydrogen (secondary N) is 1. The van der Waals surface area contributed by atoms with Crippen LogP contribution in [-0.2, 0) is 0 Å². The summed E-state index contributed by atoms with van der Waals surface area (Å²) in [4.78, 5) is 15.9. The molecule has 1 atom stereocenters. The standard InChI is InChI=1S/C9H17N3O/c1-8(4-6-11(2)3)12-7-5-10-9(12)13/h5,7-8H,4,6H2,1-3H3,(H,10,13). The lowest BCUT2D eigenvalue weighted by Crippen LogP contribution is -2.23. The van der Waals surface area contributed by atoms with Gasteiger partial charge in [0.15, 0.2) is 0 Å². The van der Waals surface area contributed by atoms with Crippen LogP contribution in [0.3, 0.4) is 0 Å². The van der Waals surface area contributed by atoms with E-state index in [0.29, 0.717) is 0 Å². The van der Waals surface area contributed by atoms with E-state index in [2.05, 4.69) is 16.8 Å². The summed E-state index contributed by atoms with van der Waals surface area (Å²) in [5.41, 5.74) is -0.0220. The van der Waals surface area contributed by atoms with Crippen molar-refractivity contribution in [3.8, 4) is 0 Å². The second-order valence-corrected chi connectivity index (χ2v) is 3.61. The fraction of sp³-hybridized carbons (Fsp3) is 0.667. The highest BCUT2D eigenvalue weighted by molar-refractivity contribution is 4.80. The lowest BCUT2D eigenvalue weighted by atomic mass is 10.2. The predicted octanol–water partition coefficient (Wildman–Crippen LogP) is 0.689. The molecule has 1 N–H and O–H groups in total. The van der Waals surface area contributed by atoms with Crippen LogP contribution in [0.5, 0.6) is 0 Å². The van der Waals surface area contributed by atoms with Gasteiger partial charge in [0.2, 0.25) is 0 Å². The van der Waals surface area contributed by atoms with E-state index < -0.39 is 0 Å². The average Bonchev–Trinajstić information content (AvgIpc) is 2.47. The molecule has 1 aromatic rings. The normalized spacial score (nSPS) is 13.5. The van der Waals surface area contributed by atoms with Crippen molar-refractivity contribution in [2.75, 3.05) is 20.6 Å². The second-order valence-electron chi connectivity index (χ2n) is 3.61. The van der Waals surface area contributed by atoms with E-state index in [1.165, 1.54) is 0 Å². The molecule has 0 aliphatic rings. The highest BCUT2D eigenvalue weighted by atomic mass is 16.1. The van der Waals surface area contributed by atoms with Crippen molar-refractivity contribution < 1.29 is 0 Å². The van der Waals surface area contributed by atoms with Gasteiger partial charge >= 0.3 is 5.69 Å². The third-order valence-corrected chi connectivity index (χ3v) is 2.15. The topological polar surface area (TPSA) is 41.0 Å². The molecular formula is C9H17N3O. The maximum atomic E-state index is 11.2. The first-order valence-electron chi connectivity index (χ1n) is 4.51. The van der Waals surface area contributed by atoms with Gasteiger partial charge in [-0.3, -0.25) is 4.57 Å². The molecule has 0 radical (unpaired) electrons. The molecule has 1 aromatic heterocycles. The molecule has 0 saturated heterocycles. The van der Waals surface area contributed by atoms with Crippen LogP contribution >= 0.6 is 0 Å². The third-order valence-electron chi connectivity index (χ3n) is 2.15. The smallest absolute Gasteiger partial charge is 0.313 e. The quantitative estimate of drug-likeness (QED) is 0.746. The van der Waals surface area contributed by atoms with Gasteiger partial charge in [-0.15, -0.1) is 0 Å². The number of aromatic amines is 1. The lowest BCUT2D eigenvalue weighted by molar-refractivity contribution is 0.355. The maximum Gasteiger partial charge on any atom is 0.325 e. The van der Waals surface area contributed by atoms with Crippen LogP contribution in [0.1, 0.15) is 19.4 Å². The fourth-order valence-corrected chi connectivity index (χ4v) is 1.26. The zero-order chi connectivity index (χ0) is 9.84. The summed E-state index contributed by atoms with van der Waals surface area (Å²) in [6, 6.07) is 0.265. The van der Waals surface area contributed by atoms with Crippen LogP contribution in [0, 0.1) is 0 Å². The summed E-state index contributed by atoms with van der Waals surface area (Å²) in [5, 5.41) is 0. The third kappa shape index (κ3) is 2.73. The highest BCUT2D eigenvalue weighted by Crippen LogP contribution is 2.06. The summed E-state index contributed by atoms with van der Waals surface area (Å²) in [6.07, 6.45) is 4.46. The minimum atomic E-state index is -0.0220. The molecule has 0 amide bonds. The maximum absolute atomic E-state index is 11.2. The fourth-order valence-electron chi connectivity index (χ4n) is 1.26. The van der Waals surface area contributed by atoms with E-state index in [1.54, 1.807) is 17.0 Å². The molecule has 13 heavy (non-hydrogen) atoms. The Hall–Kier alpha value is -1.03. The molecular weight excluding hydrogens is 166 g/mol. The number of imidazole rings is 1. The summed E-state index contributed by atoms with van der Waals surface area (Å²) in [5.74, 6) is 0. The van der Waals surface area contributed by atoms with Crippen LogP contribution in [0.2, 0.25) is 0 Å². The molecule has 0 saturated carbocycles. The summed E-state index contributed by atoms with van der Waals surface area (Å²) >= 11 is 0. The van der Waals surface area contributed by atoms with Crippen molar-refractivity contribution in [1.29, 1.82) is 0 Å². The number of rotatable bonds is 4. The van der Waals surface area contributed by atoms with Crippen LogP contribution in [0.4, 0.5) is 0 Å². The Balaban J connectivity index is 2.54. The molecule has 4 heteroatoms. The predicted molar refractivity (Wildman–Crippen MR) is 52.9 cm³/mol. The minimum Gasteiger partial charge on any atom is -0.313 e. The molecule has 0 aromatic carbocycles. The Morgan fingerprint density at radius 3 is 2.77 bits per heavy atom. The van der Waals surface area contributed by atoms with Crippen molar-refractivity contribution in [1.82, 2.24) is 14.5 Å². The van der Waals surface area contributed by atoms with Gasteiger partial charge in [0.1, 0.15) is 0 Å². The van der Waals surface area contributed by atoms with Crippen molar-refractivity contribution in [3.63, 3.8) is 0 Å². The Morgan fingerprint density at radius 1 is 1.62 bits per heavy atom. The monoisotopic (exact) mass is 183 g/mol. The van der Waals surface area contributed by atoms with Gasteiger partial charge in [0, 0.05) is 18.4 Å². The lowest BCUT2D eigenvalue weighted by Gasteiger charge is -2.15. The Kier molecular flexibility index (Phi) is 3.31. The number of hydrogen-bond acceptors (Lipinski definition) is 2. The van der Waals surface area contributed by atoms with Gasteiger partial charge in [-0.05, 0) is 34.0 Å². The first kappa shape index (κ1) is 10.1. The molecule has 1 heterocycles. The van der Waals surface area contributed by atoms with Gasteiger partial charge in [-0.1, -0.05) is 0 Å². The SMILES string of the molecule is CC(CCN(C)C)n1cc[nH]c1=O. The van der Waals surface area contributed by atoms with Gasteiger partial charge in [0.05, 0.1) is 0 Å². The summed E-state index contributed by atoms with van der Waals surface area (Å²) in [7, 11) is 4.07. The zero-order valence-corrected chi connectivity index (χ0v) is 8.45. The Bertz CT molecular complexity index is 300. The van der Waals surface area contributed by atoms with Gasteiger partial charge < -0.3 is 9.88 Å². The first-order valence-corrected chi connectivity index (χ1v) is 4.51. The number of hydrogen-bond donors (Lipinski definition) is 1. The van der Waals surface area contributed by atoms with E-state index in [4.69, 9.17) is 0 Å². The van der Waals surface area contributed by atoms with Crippen LogP contribution in [-0.4, -0.2) is 35.1 Å².